The number of hydrogen-bond acceptors (Lipinski definition) is 2. The summed E-state index contributed by atoms with van der Waals surface area (Å²) in [6, 6.07) is 0. The second kappa shape index (κ2) is 2.21. The van der Waals surface area contributed by atoms with Crippen molar-refractivity contribution in [2.24, 2.45) is 23.5 Å². The smallest absolute Gasteiger partial charge is 0.0574 e. The minimum Gasteiger partial charge on any atom is -0.393 e. The molecule has 0 radical (unpaired) electrons. The quantitative estimate of drug-likeness (QED) is 0.553. The van der Waals surface area contributed by atoms with E-state index in [-0.39, 0.29) is 6.10 Å². The molecule has 0 saturated heterocycles. The molecule has 2 fully saturated rings. The lowest BCUT2D eigenvalue weighted by Crippen LogP contribution is -2.22. The predicted molar refractivity (Wildman–Crippen MR) is 39.4 cm³/mol. The third kappa shape index (κ3) is 0.722. The number of aliphatic hydroxyl groups is 1. The van der Waals surface area contributed by atoms with Crippen molar-refractivity contribution < 1.29 is 5.11 Å². The molecular formula is C8H15NO. The van der Waals surface area contributed by atoms with Crippen LogP contribution in [0.5, 0.6) is 0 Å². The molecule has 58 valence electrons. The highest BCUT2D eigenvalue weighted by Gasteiger charge is 2.46. The van der Waals surface area contributed by atoms with Gasteiger partial charge in [-0.25, -0.2) is 0 Å². The summed E-state index contributed by atoms with van der Waals surface area (Å²) in [5.41, 5.74) is 5.61. The first kappa shape index (κ1) is 6.62. The largest absolute Gasteiger partial charge is 0.393 e. The maximum atomic E-state index is 9.47. The van der Waals surface area contributed by atoms with Gasteiger partial charge in [0.15, 0.2) is 0 Å². The zero-order valence-electron chi connectivity index (χ0n) is 6.16. The lowest BCUT2D eigenvalue weighted by atomic mass is 9.97. The minimum atomic E-state index is -0.0210. The van der Waals surface area contributed by atoms with Gasteiger partial charge in [0.05, 0.1) is 6.10 Å². The van der Waals surface area contributed by atoms with Gasteiger partial charge in [-0.15, -0.1) is 0 Å². The van der Waals surface area contributed by atoms with Crippen LogP contribution in [0.25, 0.3) is 0 Å². The van der Waals surface area contributed by atoms with Crippen LogP contribution in [0, 0.1) is 17.8 Å². The lowest BCUT2D eigenvalue weighted by Gasteiger charge is -2.15. The SMILES string of the molecule is NC[C@H]1[C@@H]2CC[C@@H]1[C@@H](O)C2. The second-order valence-corrected chi connectivity index (χ2v) is 3.70. The Labute approximate surface area is 61.4 Å². The number of fused-ring (bicyclic) bond motifs is 2. The summed E-state index contributed by atoms with van der Waals surface area (Å²) >= 11 is 0. The molecule has 2 heteroatoms. The van der Waals surface area contributed by atoms with Crippen molar-refractivity contribution >= 4 is 0 Å². The molecule has 0 unspecified atom stereocenters. The second-order valence-electron chi connectivity index (χ2n) is 3.70. The fraction of sp³-hybridized carbons (Fsp3) is 1.00. The maximum Gasteiger partial charge on any atom is 0.0574 e. The molecule has 2 aliphatic rings. The van der Waals surface area contributed by atoms with Crippen LogP contribution in [0.2, 0.25) is 0 Å². The highest BCUT2D eigenvalue weighted by atomic mass is 16.3. The molecular weight excluding hydrogens is 126 g/mol. The molecule has 0 heterocycles. The highest BCUT2D eigenvalue weighted by Crippen LogP contribution is 2.48. The van der Waals surface area contributed by atoms with Gasteiger partial charge in [0, 0.05) is 0 Å². The molecule has 0 aromatic rings. The van der Waals surface area contributed by atoms with Gasteiger partial charge in [-0.2, -0.15) is 0 Å². The zero-order valence-corrected chi connectivity index (χ0v) is 6.16. The molecule has 2 rings (SSSR count). The van der Waals surface area contributed by atoms with Gasteiger partial charge >= 0.3 is 0 Å². The Morgan fingerprint density at radius 3 is 2.50 bits per heavy atom. The number of rotatable bonds is 1. The Hall–Kier alpha value is -0.0800. The van der Waals surface area contributed by atoms with Gasteiger partial charge in [-0.05, 0) is 43.6 Å². The molecule has 10 heavy (non-hydrogen) atoms. The Kier molecular flexibility index (Phi) is 1.46. The molecule has 0 aromatic carbocycles. The van der Waals surface area contributed by atoms with Crippen LogP contribution in [0.4, 0.5) is 0 Å². The molecule has 2 nitrogen and oxygen atoms in total. The molecule has 3 N–H and O–H groups in total. The molecule has 2 aliphatic carbocycles. The molecule has 0 amide bonds. The monoisotopic (exact) mass is 141 g/mol. The van der Waals surface area contributed by atoms with E-state index in [4.69, 9.17) is 5.73 Å². The molecule has 2 bridgehead atoms. The van der Waals surface area contributed by atoms with Gasteiger partial charge in [0.2, 0.25) is 0 Å². The van der Waals surface area contributed by atoms with Gasteiger partial charge in [-0.1, -0.05) is 0 Å². The average Bonchev–Trinajstić information content (AvgIpc) is 2.42. The summed E-state index contributed by atoms with van der Waals surface area (Å²) in [4.78, 5) is 0. The Balaban J connectivity index is 2.11. The Morgan fingerprint density at radius 1 is 1.40 bits per heavy atom. The molecule has 0 aromatic heterocycles. The van der Waals surface area contributed by atoms with Gasteiger partial charge in [-0.3, -0.25) is 0 Å². The molecule has 0 spiro atoms. The topological polar surface area (TPSA) is 46.2 Å². The number of hydrogen-bond donors (Lipinski definition) is 2. The third-order valence-corrected chi connectivity index (χ3v) is 3.34. The normalized spacial score (nSPS) is 52.2. The molecule has 0 aliphatic heterocycles. The zero-order chi connectivity index (χ0) is 7.14. The predicted octanol–water partition coefficient (Wildman–Crippen LogP) is 0.352. The summed E-state index contributed by atoms with van der Waals surface area (Å²) in [6.45, 7) is 0.784. The van der Waals surface area contributed by atoms with E-state index in [9.17, 15) is 5.11 Å². The van der Waals surface area contributed by atoms with Crippen molar-refractivity contribution in [2.45, 2.75) is 25.4 Å². The van der Waals surface area contributed by atoms with Crippen molar-refractivity contribution in [1.82, 2.24) is 0 Å². The summed E-state index contributed by atoms with van der Waals surface area (Å²) in [5.74, 6) is 1.95. The minimum absolute atomic E-state index is 0.0210. The van der Waals surface area contributed by atoms with Crippen LogP contribution in [-0.4, -0.2) is 17.8 Å². The standard InChI is InChI=1S/C8H15NO/c9-4-7-5-1-2-6(7)8(10)3-5/h5-8,10H,1-4,9H2/t5-,6+,7+,8+/m1/s1. The van der Waals surface area contributed by atoms with Crippen LogP contribution in [0.1, 0.15) is 19.3 Å². The van der Waals surface area contributed by atoms with E-state index in [1.807, 2.05) is 0 Å². The van der Waals surface area contributed by atoms with Crippen LogP contribution in [-0.2, 0) is 0 Å². The van der Waals surface area contributed by atoms with E-state index in [2.05, 4.69) is 0 Å². The number of aliphatic hydroxyl groups excluding tert-OH is 1. The Bertz CT molecular complexity index is 137. The van der Waals surface area contributed by atoms with Gasteiger partial charge in [0.25, 0.3) is 0 Å². The van der Waals surface area contributed by atoms with Crippen LogP contribution in [0.3, 0.4) is 0 Å². The van der Waals surface area contributed by atoms with E-state index in [1.54, 1.807) is 0 Å². The summed E-state index contributed by atoms with van der Waals surface area (Å²) < 4.78 is 0. The van der Waals surface area contributed by atoms with Gasteiger partial charge < -0.3 is 10.8 Å². The van der Waals surface area contributed by atoms with Crippen molar-refractivity contribution in [2.75, 3.05) is 6.54 Å². The first-order chi connectivity index (χ1) is 4.83. The molecule has 4 atom stereocenters. The fourth-order valence-corrected chi connectivity index (χ4v) is 2.81. The van der Waals surface area contributed by atoms with E-state index in [1.165, 1.54) is 12.8 Å². The van der Waals surface area contributed by atoms with Crippen molar-refractivity contribution in [3.05, 3.63) is 0 Å². The van der Waals surface area contributed by atoms with Crippen molar-refractivity contribution in [3.8, 4) is 0 Å². The van der Waals surface area contributed by atoms with Gasteiger partial charge in [0.1, 0.15) is 0 Å². The average molecular weight is 141 g/mol. The third-order valence-electron chi connectivity index (χ3n) is 3.34. The van der Waals surface area contributed by atoms with Crippen LogP contribution in [0.15, 0.2) is 0 Å². The van der Waals surface area contributed by atoms with E-state index < -0.39 is 0 Å². The fourth-order valence-electron chi connectivity index (χ4n) is 2.81. The first-order valence-corrected chi connectivity index (χ1v) is 4.21. The first-order valence-electron chi connectivity index (χ1n) is 4.21. The summed E-state index contributed by atoms with van der Waals surface area (Å²) in [6.07, 6.45) is 3.52. The molecule has 2 saturated carbocycles. The van der Waals surface area contributed by atoms with Crippen molar-refractivity contribution in [1.29, 1.82) is 0 Å². The van der Waals surface area contributed by atoms with E-state index >= 15 is 0 Å². The number of nitrogens with two attached hydrogens (primary N) is 1. The maximum absolute atomic E-state index is 9.47. The summed E-state index contributed by atoms with van der Waals surface area (Å²) in [7, 11) is 0. The van der Waals surface area contributed by atoms with Crippen LogP contribution < -0.4 is 5.73 Å². The lowest BCUT2D eigenvalue weighted by molar-refractivity contribution is 0.108. The highest BCUT2D eigenvalue weighted by molar-refractivity contribution is 4.97. The van der Waals surface area contributed by atoms with Crippen molar-refractivity contribution in [3.63, 3.8) is 0 Å². The van der Waals surface area contributed by atoms with E-state index in [0.717, 1.165) is 18.9 Å². The van der Waals surface area contributed by atoms with Crippen LogP contribution >= 0.6 is 0 Å². The summed E-state index contributed by atoms with van der Waals surface area (Å²) in [5, 5.41) is 9.47. The Morgan fingerprint density at radius 2 is 2.20 bits per heavy atom. The van der Waals surface area contributed by atoms with E-state index in [0.29, 0.717) is 11.8 Å².